The van der Waals surface area contributed by atoms with E-state index < -0.39 is 5.60 Å². The summed E-state index contributed by atoms with van der Waals surface area (Å²) in [7, 11) is 0. The lowest BCUT2D eigenvalue weighted by Crippen LogP contribution is -2.52. The van der Waals surface area contributed by atoms with Crippen LogP contribution in [0.2, 0.25) is 0 Å². The number of aliphatic hydroxyl groups excluding tert-OH is 1. The van der Waals surface area contributed by atoms with Crippen LogP contribution in [-0.2, 0) is 4.79 Å². The smallest absolute Gasteiger partial charge is 0.145 e. The molecule has 1 fully saturated rings. The van der Waals surface area contributed by atoms with Gasteiger partial charge in [0.2, 0.25) is 0 Å². The largest absolute Gasteiger partial charge is 0.396 e. The average Bonchev–Trinajstić information content (AvgIpc) is 2.74. The highest BCUT2D eigenvalue weighted by molar-refractivity contribution is 5.74. The molecule has 1 saturated carbocycles. The van der Waals surface area contributed by atoms with Gasteiger partial charge in [0.1, 0.15) is 6.29 Å². The molecule has 0 aliphatic heterocycles. The van der Waals surface area contributed by atoms with E-state index in [9.17, 15) is 15.0 Å². The number of aliphatic hydroxyl groups is 2. The zero-order valence-corrected chi connectivity index (χ0v) is 22.5. The third kappa shape index (κ3) is 9.02. The molecule has 0 bridgehead atoms. The Morgan fingerprint density at radius 2 is 1.55 bits per heavy atom. The lowest BCUT2D eigenvalue weighted by molar-refractivity contribution is -0.115. The summed E-state index contributed by atoms with van der Waals surface area (Å²) in [6.07, 6.45) is 17.1. The molecule has 188 valence electrons. The SMILES string of the molecule is CC(C)=CCC/C(C)=C/CC/C(C)=C/CC[C@@]1(C)[C@H](CCCO)/C(=C(\C)C=O)CC[C@]1(C)O. The van der Waals surface area contributed by atoms with Gasteiger partial charge in [-0.05, 0) is 117 Å². The number of hydrogen-bond acceptors (Lipinski definition) is 3. The maximum atomic E-state index is 11.5. The predicted molar refractivity (Wildman–Crippen MR) is 141 cm³/mol. The van der Waals surface area contributed by atoms with Crippen LogP contribution in [-0.4, -0.2) is 28.7 Å². The Kier molecular flexibility index (Phi) is 12.6. The summed E-state index contributed by atoms with van der Waals surface area (Å²) in [6.45, 7) is 14.9. The van der Waals surface area contributed by atoms with Crippen LogP contribution in [0.3, 0.4) is 0 Å². The van der Waals surface area contributed by atoms with E-state index in [1.807, 2.05) is 13.8 Å². The molecule has 3 atom stereocenters. The summed E-state index contributed by atoms with van der Waals surface area (Å²) in [5, 5.41) is 20.9. The summed E-state index contributed by atoms with van der Waals surface area (Å²) < 4.78 is 0. The standard InChI is InChI=1S/C30H50O3/c1-23(2)12-8-13-24(3)14-9-15-25(4)16-10-19-29(6)28(17-11-21-31)27(26(5)22-32)18-20-30(29,7)33/h12,14,16,22,28,31,33H,8-11,13,15,17-21H2,1-7H3/b24-14+,25-16+,27-26+/t28-,29+,30+/m1/s1. The molecule has 0 amide bonds. The fraction of sp³-hybridized carbons (Fsp3) is 0.700. The molecule has 0 unspecified atom stereocenters. The zero-order valence-electron chi connectivity index (χ0n) is 22.5. The molecule has 0 saturated heterocycles. The second-order valence-corrected chi connectivity index (χ2v) is 10.9. The van der Waals surface area contributed by atoms with Crippen molar-refractivity contribution in [3.8, 4) is 0 Å². The van der Waals surface area contributed by atoms with Gasteiger partial charge in [-0.1, -0.05) is 47.4 Å². The van der Waals surface area contributed by atoms with Crippen molar-refractivity contribution in [1.82, 2.24) is 0 Å². The molecule has 1 aliphatic rings. The highest BCUT2D eigenvalue weighted by Crippen LogP contribution is 2.55. The van der Waals surface area contributed by atoms with E-state index in [0.29, 0.717) is 12.8 Å². The number of hydrogen-bond donors (Lipinski definition) is 2. The van der Waals surface area contributed by atoms with Gasteiger partial charge in [-0.15, -0.1) is 0 Å². The van der Waals surface area contributed by atoms with Gasteiger partial charge in [0.25, 0.3) is 0 Å². The molecule has 0 aromatic heterocycles. The summed E-state index contributed by atoms with van der Waals surface area (Å²) in [6, 6.07) is 0. The minimum atomic E-state index is -0.785. The lowest BCUT2D eigenvalue weighted by atomic mass is 9.54. The summed E-state index contributed by atoms with van der Waals surface area (Å²) in [5.74, 6) is 0.124. The fourth-order valence-electron chi connectivity index (χ4n) is 5.33. The molecule has 0 aromatic carbocycles. The van der Waals surface area contributed by atoms with Gasteiger partial charge in [0, 0.05) is 12.0 Å². The Labute approximate surface area is 203 Å². The first-order chi connectivity index (χ1) is 15.5. The van der Waals surface area contributed by atoms with E-state index in [2.05, 4.69) is 52.8 Å². The number of allylic oxidation sites excluding steroid dienone is 8. The van der Waals surface area contributed by atoms with Crippen molar-refractivity contribution in [2.75, 3.05) is 6.61 Å². The van der Waals surface area contributed by atoms with Gasteiger partial charge < -0.3 is 10.2 Å². The maximum Gasteiger partial charge on any atom is 0.145 e. The fourth-order valence-corrected chi connectivity index (χ4v) is 5.33. The number of carbonyl (C=O) groups excluding carboxylic acids is 1. The second kappa shape index (κ2) is 14.1. The van der Waals surface area contributed by atoms with Crippen molar-refractivity contribution in [2.24, 2.45) is 11.3 Å². The van der Waals surface area contributed by atoms with Gasteiger partial charge in [0.15, 0.2) is 0 Å². The zero-order chi connectivity index (χ0) is 25.1. The predicted octanol–water partition coefficient (Wildman–Crippen LogP) is 7.64. The normalized spacial score (nSPS) is 28.0. The monoisotopic (exact) mass is 458 g/mol. The number of aldehydes is 1. The topological polar surface area (TPSA) is 57.5 Å². The van der Waals surface area contributed by atoms with E-state index in [1.54, 1.807) is 0 Å². The molecule has 0 radical (unpaired) electrons. The van der Waals surface area contributed by atoms with Crippen LogP contribution in [0.4, 0.5) is 0 Å². The van der Waals surface area contributed by atoms with Crippen molar-refractivity contribution in [2.45, 2.75) is 118 Å². The first-order valence-corrected chi connectivity index (χ1v) is 12.9. The quantitative estimate of drug-likeness (QED) is 0.169. The molecular weight excluding hydrogens is 408 g/mol. The van der Waals surface area contributed by atoms with Gasteiger partial charge in [-0.2, -0.15) is 0 Å². The van der Waals surface area contributed by atoms with E-state index in [4.69, 9.17) is 0 Å². The molecule has 3 nitrogen and oxygen atoms in total. The molecule has 1 rings (SSSR count). The number of carbonyl (C=O) groups is 1. The molecule has 0 spiro atoms. The molecule has 33 heavy (non-hydrogen) atoms. The third-order valence-electron chi connectivity index (χ3n) is 7.91. The first kappa shape index (κ1) is 29.6. The van der Waals surface area contributed by atoms with Crippen molar-refractivity contribution in [3.63, 3.8) is 0 Å². The summed E-state index contributed by atoms with van der Waals surface area (Å²) in [5.41, 5.74) is 5.12. The minimum absolute atomic E-state index is 0.124. The van der Waals surface area contributed by atoms with Gasteiger partial charge in [-0.25, -0.2) is 0 Å². The lowest BCUT2D eigenvalue weighted by Gasteiger charge is -2.53. The van der Waals surface area contributed by atoms with Crippen molar-refractivity contribution in [3.05, 3.63) is 46.1 Å². The minimum Gasteiger partial charge on any atom is -0.396 e. The van der Waals surface area contributed by atoms with Crippen molar-refractivity contribution in [1.29, 1.82) is 0 Å². The number of rotatable bonds is 13. The Bertz CT molecular complexity index is 747. The van der Waals surface area contributed by atoms with Crippen LogP contribution in [0.1, 0.15) is 113 Å². The Morgan fingerprint density at radius 3 is 2.09 bits per heavy atom. The maximum absolute atomic E-state index is 11.5. The van der Waals surface area contributed by atoms with E-state index in [1.165, 1.54) is 22.3 Å². The molecular formula is C30H50O3. The second-order valence-electron chi connectivity index (χ2n) is 10.9. The highest BCUT2D eigenvalue weighted by atomic mass is 16.3. The summed E-state index contributed by atoms with van der Waals surface area (Å²) in [4.78, 5) is 11.5. The van der Waals surface area contributed by atoms with Crippen LogP contribution in [0, 0.1) is 11.3 Å². The van der Waals surface area contributed by atoms with Crippen molar-refractivity contribution < 1.29 is 15.0 Å². The molecule has 2 N–H and O–H groups in total. The molecule has 0 heterocycles. The third-order valence-corrected chi connectivity index (χ3v) is 7.91. The Balaban J connectivity index is 2.83. The average molecular weight is 459 g/mol. The van der Waals surface area contributed by atoms with Crippen molar-refractivity contribution >= 4 is 6.29 Å². The van der Waals surface area contributed by atoms with E-state index in [0.717, 1.165) is 63.2 Å². The van der Waals surface area contributed by atoms with Crippen LogP contribution in [0.25, 0.3) is 0 Å². The van der Waals surface area contributed by atoms with Crippen LogP contribution < -0.4 is 0 Å². The van der Waals surface area contributed by atoms with E-state index in [-0.39, 0.29) is 17.9 Å². The molecule has 3 heteroatoms. The van der Waals surface area contributed by atoms with Gasteiger partial charge in [-0.3, -0.25) is 4.79 Å². The molecule has 0 aromatic rings. The van der Waals surface area contributed by atoms with Gasteiger partial charge >= 0.3 is 0 Å². The summed E-state index contributed by atoms with van der Waals surface area (Å²) >= 11 is 0. The highest BCUT2D eigenvalue weighted by Gasteiger charge is 2.51. The van der Waals surface area contributed by atoms with E-state index >= 15 is 0 Å². The molecule has 1 aliphatic carbocycles. The van der Waals surface area contributed by atoms with Crippen LogP contribution in [0.5, 0.6) is 0 Å². The van der Waals surface area contributed by atoms with Crippen LogP contribution in [0.15, 0.2) is 46.1 Å². The Hall–Kier alpha value is -1.45. The van der Waals surface area contributed by atoms with Gasteiger partial charge in [0.05, 0.1) is 5.60 Å². The van der Waals surface area contributed by atoms with Crippen LogP contribution >= 0.6 is 0 Å². The Morgan fingerprint density at radius 1 is 0.970 bits per heavy atom. The first-order valence-electron chi connectivity index (χ1n) is 12.9.